The van der Waals surface area contributed by atoms with Crippen molar-refractivity contribution in [1.29, 1.82) is 5.26 Å². The predicted molar refractivity (Wildman–Crippen MR) is 58.8 cm³/mol. The van der Waals surface area contributed by atoms with Gasteiger partial charge in [0.25, 0.3) is 0 Å². The molecule has 0 unspecified atom stereocenters. The lowest BCUT2D eigenvalue weighted by Crippen LogP contribution is -2.41. The molecule has 16 heavy (non-hydrogen) atoms. The van der Waals surface area contributed by atoms with E-state index in [1.165, 1.54) is 0 Å². The minimum Gasteiger partial charge on any atom is -0.292 e. The van der Waals surface area contributed by atoms with Crippen LogP contribution in [0.15, 0.2) is 24.3 Å². The highest BCUT2D eigenvalue weighted by molar-refractivity contribution is 6.03. The molecular formula is C13H12N2O. The van der Waals surface area contributed by atoms with Crippen LogP contribution in [0.4, 0.5) is 0 Å². The fourth-order valence-electron chi connectivity index (χ4n) is 3.02. The number of rotatable bonds is 0. The van der Waals surface area contributed by atoms with Crippen molar-refractivity contribution in [3.05, 3.63) is 35.4 Å². The van der Waals surface area contributed by atoms with E-state index >= 15 is 0 Å². The predicted octanol–water partition coefficient (Wildman–Crippen LogP) is 1.77. The van der Waals surface area contributed by atoms with Crippen LogP contribution in [0.2, 0.25) is 0 Å². The third-order valence-corrected chi connectivity index (χ3v) is 3.81. The van der Waals surface area contributed by atoms with Gasteiger partial charge in [0.15, 0.2) is 5.78 Å². The Bertz CT molecular complexity index is 503. The van der Waals surface area contributed by atoms with Gasteiger partial charge in [-0.05, 0) is 19.0 Å². The molecule has 0 aliphatic carbocycles. The molecule has 2 heterocycles. The number of likely N-dealkylation sites (N-methyl/N-ethyl adjacent to an activating group) is 1. The van der Waals surface area contributed by atoms with Gasteiger partial charge in [0, 0.05) is 11.6 Å². The second-order valence-electron chi connectivity index (χ2n) is 4.55. The van der Waals surface area contributed by atoms with Gasteiger partial charge in [0.2, 0.25) is 0 Å². The molecular weight excluding hydrogens is 200 g/mol. The molecule has 0 aromatic heterocycles. The number of benzene rings is 1. The maximum absolute atomic E-state index is 12.3. The molecule has 0 spiro atoms. The van der Waals surface area contributed by atoms with Crippen LogP contribution in [0, 0.1) is 17.2 Å². The van der Waals surface area contributed by atoms with Gasteiger partial charge in [-0.2, -0.15) is 5.26 Å². The maximum Gasteiger partial charge on any atom is 0.181 e. The summed E-state index contributed by atoms with van der Waals surface area (Å²) in [4.78, 5) is 14.3. The van der Waals surface area contributed by atoms with E-state index in [2.05, 4.69) is 11.0 Å². The van der Waals surface area contributed by atoms with Gasteiger partial charge in [-0.3, -0.25) is 9.69 Å². The molecule has 0 radical (unpaired) electrons. The third-order valence-electron chi connectivity index (χ3n) is 3.81. The van der Waals surface area contributed by atoms with Crippen molar-refractivity contribution in [2.45, 2.75) is 18.5 Å². The van der Waals surface area contributed by atoms with Crippen LogP contribution >= 0.6 is 0 Å². The van der Waals surface area contributed by atoms with Crippen LogP contribution < -0.4 is 0 Å². The first-order valence-electron chi connectivity index (χ1n) is 5.48. The van der Waals surface area contributed by atoms with Crippen LogP contribution in [-0.2, 0) is 0 Å². The summed E-state index contributed by atoms with van der Waals surface area (Å²) in [5, 5.41) is 9.10. The smallest absolute Gasteiger partial charge is 0.181 e. The van der Waals surface area contributed by atoms with E-state index in [9.17, 15) is 4.79 Å². The zero-order chi connectivity index (χ0) is 11.3. The fraction of sp³-hybridized carbons (Fsp3) is 0.385. The second-order valence-corrected chi connectivity index (χ2v) is 4.55. The van der Waals surface area contributed by atoms with Crippen molar-refractivity contribution in [1.82, 2.24) is 4.90 Å². The number of ketones is 1. The van der Waals surface area contributed by atoms with Gasteiger partial charge < -0.3 is 0 Å². The SMILES string of the molecule is CN1[C@H]2C[C@H](C#N)[C@@H]1C(=O)c1ccccc12. The van der Waals surface area contributed by atoms with Crippen LogP contribution in [0.3, 0.4) is 0 Å². The molecule has 1 fully saturated rings. The first kappa shape index (κ1) is 9.56. The summed E-state index contributed by atoms with van der Waals surface area (Å²) in [6.07, 6.45) is 0.778. The number of fused-ring (bicyclic) bond motifs is 4. The molecule has 0 saturated carbocycles. The number of nitrogens with zero attached hydrogens (tertiary/aromatic N) is 2. The first-order chi connectivity index (χ1) is 7.74. The molecule has 1 saturated heterocycles. The van der Waals surface area contributed by atoms with Crippen molar-refractivity contribution < 1.29 is 4.79 Å². The van der Waals surface area contributed by atoms with Crippen molar-refractivity contribution in [2.24, 2.45) is 5.92 Å². The average molecular weight is 212 g/mol. The quantitative estimate of drug-likeness (QED) is 0.658. The molecule has 0 amide bonds. The van der Waals surface area contributed by atoms with Crippen molar-refractivity contribution in [3.8, 4) is 6.07 Å². The Hall–Kier alpha value is -1.66. The number of nitriles is 1. The fourth-order valence-corrected chi connectivity index (χ4v) is 3.02. The lowest BCUT2D eigenvalue weighted by Gasteiger charge is -2.31. The summed E-state index contributed by atoms with van der Waals surface area (Å²) in [7, 11) is 1.94. The summed E-state index contributed by atoms with van der Waals surface area (Å²) >= 11 is 0. The molecule has 3 rings (SSSR count). The van der Waals surface area contributed by atoms with E-state index in [0.29, 0.717) is 0 Å². The van der Waals surface area contributed by atoms with Gasteiger partial charge in [-0.25, -0.2) is 0 Å². The Morgan fingerprint density at radius 1 is 1.44 bits per heavy atom. The Balaban J connectivity index is 2.19. The topological polar surface area (TPSA) is 44.1 Å². The molecule has 1 aromatic rings. The Morgan fingerprint density at radius 3 is 2.94 bits per heavy atom. The van der Waals surface area contributed by atoms with Crippen LogP contribution in [-0.4, -0.2) is 23.8 Å². The monoisotopic (exact) mass is 212 g/mol. The normalized spacial score (nSPS) is 32.2. The molecule has 3 atom stereocenters. The lowest BCUT2D eigenvalue weighted by atomic mass is 9.92. The van der Waals surface area contributed by atoms with Gasteiger partial charge in [-0.1, -0.05) is 24.3 Å². The van der Waals surface area contributed by atoms with E-state index in [1.807, 2.05) is 31.3 Å². The molecule has 3 heteroatoms. The van der Waals surface area contributed by atoms with Gasteiger partial charge in [0.1, 0.15) is 0 Å². The molecule has 0 N–H and O–H groups in total. The second kappa shape index (κ2) is 3.16. The molecule has 1 aromatic carbocycles. The minimum absolute atomic E-state index is 0.110. The summed E-state index contributed by atoms with van der Waals surface area (Å²) in [6, 6.07) is 10.0. The standard InChI is InChI=1S/C13H12N2O/c1-15-11-6-8(7-14)12(15)13(16)10-5-3-2-4-9(10)11/h2-5,8,11-12H,6H2,1H3/t8-,11+,12-/m1/s1. The van der Waals surface area contributed by atoms with Crippen molar-refractivity contribution in [3.63, 3.8) is 0 Å². The molecule has 3 nitrogen and oxygen atoms in total. The van der Waals surface area contributed by atoms with Crippen LogP contribution in [0.1, 0.15) is 28.4 Å². The van der Waals surface area contributed by atoms with E-state index in [0.717, 1.165) is 17.5 Å². The van der Waals surface area contributed by atoms with E-state index in [1.54, 1.807) is 0 Å². The van der Waals surface area contributed by atoms with Crippen LogP contribution in [0.25, 0.3) is 0 Å². The van der Waals surface area contributed by atoms with E-state index < -0.39 is 0 Å². The summed E-state index contributed by atoms with van der Waals surface area (Å²) in [5.74, 6) is -0.0479. The number of hydrogen-bond acceptors (Lipinski definition) is 3. The minimum atomic E-state index is -0.232. The number of carbonyl (C=O) groups excluding carboxylic acids is 1. The van der Waals surface area contributed by atoms with Gasteiger partial charge in [0.05, 0.1) is 18.0 Å². The van der Waals surface area contributed by atoms with Crippen molar-refractivity contribution in [2.75, 3.05) is 7.05 Å². The van der Waals surface area contributed by atoms with E-state index in [-0.39, 0.29) is 23.8 Å². The first-order valence-corrected chi connectivity index (χ1v) is 5.48. The Kier molecular flexibility index (Phi) is 1.89. The summed E-state index contributed by atoms with van der Waals surface area (Å²) in [5.41, 5.74) is 1.90. The van der Waals surface area contributed by atoms with Crippen LogP contribution in [0.5, 0.6) is 0 Å². The van der Waals surface area contributed by atoms with Gasteiger partial charge >= 0.3 is 0 Å². The zero-order valence-electron chi connectivity index (χ0n) is 9.05. The highest BCUT2D eigenvalue weighted by Gasteiger charge is 2.48. The number of Topliss-reactive ketones (excluding diaryl/α,β-unsaturated/α-hetero) is 1. The highest BCUT2D eigenvalue weighted by Crippen LogP contribution is 2.45. The zero-order valence-corrected chi connectivity index (χ0v) is 9.05. The Morgan fingerprint density at radius 2 is 2.19 bits per heavy atom. The largest absolute Gasteiger partial charge is 0.292 e. The molecule has 2 aliphatic rings. The molecule has 2 bridgehead atoms. The third kappa shape index (κ3) is 1.03. The molecule has 2 aliphatic heterocycles. The van der Waals surface area contributed by atoms with E-state index in [4.69, 9.17) is 5.26 Å². The summed E-state index contributed by atoms with van der Waals surface area (Å²) < 4.78 is 0. The Labute approximate surface area is 94.3 Å². The maximum atomic E-state index is 12.3. The van der Waals surface area contributed by atoms with Crippen molar-refractivity contribution >= 4 is 5.78 Å². The summed E-state index contributed by atoms with van der Waals surface area (Å²) in [6.45, 7) is 0. The number of carbonyl (C=O) groups is 1. The van der Waals surface area contributed by atoms with Gasteiger partial charge in [-0.15, -0.1) is 0 Å². The molecule has 80 valence electrons. The highest BCUT2D eigenvalue weighted by atomic mass is 16.1. The lowest BCUT2D eigenvalue weighted by molar-refractivity contribution is 0.0821. The average Bonchev–Trinajstić information content (AvgIpc) is 2.58. The number of hydrogen-bond donors (Lipinski definition) is 0.